The number of rotatable bonds is 2. The maximum absolute atomic E-state index is 12.4. The summed E-state index contributed by atoms with van der Waals surface area (Å²) in [6, 6.07) is 5.83. The molecule has 1 aromatic carbocycles. The van der Waals surface area contributed by atoms with Crippen molar-refractivity contribution in [3.63, 3.8) is 0 Å². The maximum atomic E-state index is 12.4. The molecule has 94 valence electrons. The fourth-order valence-corrected chi connectivity index (χ4v) is 1.67. The molecule has 2 N–H and O–H groups in total. The van der Waals surface area contributed by atoms with Crippen molar-refractivity contribution in [1.82, 2.24) is 9.97 Å². The fourth-order valence-electron chi connectivity index (χ4n) is 1.49. The van der Waals surface area contributed by atoms with E-state index in [1.54, 1.807) is 19.1 Å². The number of halogens is 3. The number of anilines is 1. The first kappa shape index (κ1) is 12.9. The summed E-state index contributed by atoms with van der Waals surface area (Å²) < 4.78 is 25.5. The van der Waals surface area contributed by atoms with Crippen LogP contribution in [0.25, 0.3) is 11.4 Å². The normalized spacial score (nSPS) is 10.9. The molecule has 0 aliphatic heterocycles. The molecule has 0 aliphatic carbocycles. The highest BCUT2D eigenvalue weighted by atomic mass is 79.9. The molecule has 0 atom stereocenters. The molecule has 6 heteroatoms. The van der Waals surface area contributed by atoms with Crippen LogP contribution in [-0.2, 0) is 0 Å². The van der Waals surface area contributed by atoms with Crippen LogP contribution >= 0.6 is 15.9 Å². The number of hydrogen-bond acceptors (Lipinski definition) is 3. The molecule has 0 amide bonds. The van der Waals surface area contributed by atoms with Crippen molar-refractivity contribution in [2.75, 3.05) is 5.73 Å². The number of nitrogens with zero attached hydrogens (tertiary/aromatic N) is 2. The predicted octanol–water partition coefficient (Wildman–Crippen LogP) is 3.73. The second-order valence-corrected chi connectivity index (χ2v) is 4.55. The standard InChI is InChI=1S/C12H10BrF2N3/c1-6-9(13)11(16)18-12(17-6)8-4-2-7(3-5-8)10(14)15/h2-5,10H,1H3,(H2,16,17,18). The molecule has 0 fully saturated rings. The van der Waals surface area contributed by atoms with Gasteiger partial charge in [-0.15, -0.1) is 0 Å². The summed E-state index contributed by atoms with van der Waals surface area (Å²) in [6.45, 7) is 1.79. The lowest BCUT2D eigenvalue weighted by Crippen LogP contribution is -2.00. The van der Waals surface area contributed by atoms with E-state index in [4.69, 9.17) is 5.73 Å². The molecule has 0 aliphatic rings. The molecular weight excluding hydrogens is 304 g/mol. The Morgan fingerprint density at radius 2 is 1.78 bits per heavy atom. The molecule has 18 heavy (non-hydrogen) atoms. The summed E-state index contributed by atoms with van der Waals surface area (Å²) in [6.07, 6.45) is -2.48. The third kappa shape index (κ3) is 2.48. The highest BCUT2D eigenvalue weighted by Crippen LogP contribution is 2.26. The van der Waals surface area contributed by atoms with Gasteiger partial charge >= 0.3 is 0 Å². The predicted molar refractivity (Wildman–Crippen MR) is 69.3 cm³/mol. The number of alkyl halides is 2. The van der Waals surface area contributed by atoms with Crippen LogP contribution in [0, 0.1) is 6.92 Å². The van der Waals surface area contributed by atoms with Gasteiger partial charge in [0.2, 0.25) is 0 Å². The minimum absolute atomic E-state index is 0.0273. The highest BCUT2D eigenvalue weighted by molar-refractivity contribution is 9.10. The van der Waals surface area contributed by atoms with Gasteiger partial charge in [0.25, 0.3) is 6.43 Å². The molecule has 0 unspecified atom stereocenters. The molecule has 0 bridgehead atoms. The minimum Gasteiger partial charge on any atom is -0.383 e. The number of benzene rings is 1. The van der Waals surface area contributed by atoms with Crippen LogP contribution in [0.1, 0.15) is 17.7 Å². The average molecular weight is 314 g/mol. The first-order valence-corrected chi connectivity index (χ1v) is 5.96. The Balaban J connectivity index is 2.43. The average Bonchev–Trinajstić information content (AvgIpc) is 2.35. The monoisotopic (exact) mass is 313 g/mol. The van der Waals surface area contributed by atoms with Crippen molar-refractivity contribution >= 4 is 21.7 Å². The molecule has 0 saturated heterocycles. The molecule has 2 rings (SSSR count). The van der Waals surface area contributed by atoms with E-state index in [1.165, 1.54) is 12.1 Å². The second-order valence-electron chi connectivity index (χ2n) is 3.75. The van der Waals surface area contributed by atoms with Crippen LogP contribution in [0.3, 0.4) is 0 Å². The summed E-state index contributed by atoms with van der Waals surface area (Å²) in [5.74, 6) is 0.754. The molecule has 1 heterocycles. The number of aryl methyl sites for hydroxylation is 1. The van der Waals surface area contributed by atoms with Gasteiger partial charge in [0.1, 0.15) is 5.82 Å². The van der Waals surface area contributed by atoms with Crippen molar-refractivity contribution in [3.8, 4) is 11.4 Å². The van der Waals surface area contributed by atoms with E-state index in [2.05, 4.69) is 25.9 Å². The van der Waals surface area contributed by atoms with Crippen molar-refractivity contribution in [2.24, 2.45) is 0 Å². The zero-order valence-corrected chi connectivity index (χ0v) is 11.1. The number of aromatic nitrogens is 2. The molecule has 0 spiro atoms. The van der Waals surface area contributed by atoms with Gasteiger partial charge in [-0.05, 0) is 22.9 Å². The third-order valence-corrected chi connectivity index (χ3v) is 3.44. The Bertz CT molecular complexity index is 547. The van der Waals surface area contributed by atoms with Crippen LogP contribution in [0.5, 0.6) is 0 Å². The van der Waals surface area contributed by atoms with Crippen LogP contribution < -0.4 is 5.73 Å². The van der Waals surface area contributed by atoms with Crippen LogP contribution in [0.4, 0.5) is 14.6 Å². The van der Waals surface area contributed by atoms with Gasteiger partial charge in [0, 0.05) is 11.1 Å². The van der Waals surface area contributed by atoms with Gasteiger partial charge < -0.3 is 5.73 Å². The lowest BCUT2D eigenvalue weighted by molar-refractivity contribution is 0.151. The van der Waals surface area contributed by atoms with Crippen molar-refractivity contribution in [1.29, 1.82) is 0 Å². The van der Waals surface area contributed by atoms with E-state index >= 15 is 0 Å². The topological polar surface area (TPSA) is 51.8 Å². The van der Waals surface area contributed by atoms with E-state index < -0.39 is 6.43 Å². The number of nitrogens with two attached hydrogens (primary N) is 1. The molecule has 1 aromatic heterocycles. The molecule has 0 saturated carbocycles. The quantitative estimate of drug-likeness (QED) is 0.919. The van der Waals surface area contributed by atoms with E-state index in [1.807, 2.05) is 0 Å². The lowest BCUT2D eigenvalue weighted by atomic mass is 10.1. The summed E-state index contributed by atoms with van der Waals surface area (Å²) >= 11 is 3.27. The Labute approximate surface area is 111 Å². The van der Waals surface area contributed by atoms with Crippen LogP contribution in [-0.4, -0.2) is 9.97 Å². The Hall–Kier alpha value is -1.56. The fraction of sp³-hybridized carbons (Fsp3) is 0.167. The van der Waals surface area contributed by atoms with Crippen molar-refractivity contribution < 1.29 is 8.78 Å². The van der Waals surface area contributed by atoms with Crippen molar-refractivity contribution in [2.45, 2.75) is 13.3 Å². The molecular formula is C12H10BrF2N3. The first-order valence-electron chi connectivity index (χ1n) is 5.17. The van der Waals surface area contributed by atoms with Gasteiger partial charge in [-0.3, -0.25) is 0 Å². The van der Waals surface area contributed by atoms with Gasteiger partial charge in [0.15, 0.2) is 5.82 Å². The Kier molecular flexibility index (Phi) is 3.56. The van der Waals surface area contributed by atoms with Gasteiger partial charge in [-0.2, -0.15) is 0 Å². The third-order valence-electron chi connectivity index (χ3n) is 2.46. The molecule has 2 aromatic rings. The lowest BCUT2D eigenvalue weighted by Gasteiger charge is -2.06. The summed E-state index contributed by atoms with van der Waals surface area (Å²) in [5.41, 5.74) is 7.05. The molecule has 3 nitrogen and oxygen atoms in total. The summed E-state index contributed by atoms with van der Waals surface area (Å²) in [4.78, 5) is 8.36. The Morgan fingerprint density at radius 1 is 1.17 bits per heavy atom. The van der Waals surface area contributed by atoms with Gasteiger partial charge in [-0.1, -0.05) is 24.3 Å². The van der Waals surface area contributed by atoms with Gasteiger partial charge in [0.05, 0.1) is 10.2 Å². The SMILES string of the molecule is Cc1nc(-c2ccc(C(F)F)cc2)nc(N)c1Br. The summed E-state index contributed by atoms with van der Waals surface area (Å²) in [5, 5.41) is 0. The molecule has 0 radical (unpaired) electrons. The first-order chi connectivity index (χ1) is 8.49. The largest absolute Gasteiger partial charge is 0.383 e. The summed E-state index contributed by atoms with van der Waals surface area (Å²) in [7, 11) is 0. The van der Waals surface area contributed by atoms with E-state index in [0.29, 0.717) is 27.4 Å². The van der Waals surface area contributed by atoms with Crippen LogP contribution in [0.2, 0.25) is 0 Å². The maximum Gasteiger partial charge on any atom is 0.263 e. The van der Waals surface area contributed by atoms with Crippen LogP contribution in [0.15, 0.2) is 28.7 Å². The van der Waals surface area contributed by atoms with E-state index in [-0.39, 0.29) is 5.56 Å². The highest BCUT2D eigenvalue weighted by Gasteiger charge is 2.10. The minimum atomic E-state index is -2.48. The van der Waals surface area contributed by atoms with E-state index in [0.717, 1.165) is 0 Å². The smallest absolute Gasteiger partial charge is 0.263 e. The zero-order valence-electron chi connectivity index (χ0n) is 9.49. The second kappa shape index (κ2) is 4.97. The Morgan fingerprint density at radius 3 is 2.28 bits per heavy atom. The van der Waals surface area contributed by atoms with E-state index in [9.17, 15) is 8.78 Å². The number of hydrogen-bond donors (Lipinski definition) is 1. The number of nitrogen functional groups attached to an aromatic ring is 1. The van der Waals surface area contributed by atoms with Gasteiger partial charge in [-0.25, -0.2) is 18.7 Å². The van der Waals surface area contributed by atoms with Crippen molar-refractivity contribution in [3.05, 3.63) is 40.0 Å². The zero-order chi connectivity index (χ0) is 13.3.